The predicted octanol–water partition coefficient (Wildman–Crippen LogP) is 5.56. The zero-order valence-corrected chi connectivity index (χ0v) is 17.8. The molecule has 0 aliphatic rings. The Labute approximate surface area is 187 Å². The molecule has 1 unspecified atom stereocenters. The van der Waals surface area contributed by atoms with Crippen LogP contribution in [0.3, 0.4) is 0 Å². The minimum Gasteiger partial charge on any atom is -0.291 e. The Morgan fingerprint density at radius 3 is 2.45 bits per heavy atom. The number of nitrogens with zero attached hydrogens (tertiary/aromatic N) is 5. The van der Waals surface area contributed by atoms with Gasteiger partial charge in [-0.2, -0.15) is 5.10 Å². The molecule has 166 valence electrons. The topological polar surface area (TPSA) is 77.6 Å². The van der Waals surface area contributed by atoms with Gasteiger partial charge < -0.3 is 0 Å². The van der Waals surface area contributed by atoms with Gasteiger partial charge in [-0.05, 0) is 24.6 Å². The van der Waals surface area contributed by atoms with Crippen molar-refractivity contribution in [3.05, 3.63) is 56.5 Å². The van der Waals surface area contributed by atoms with Crippen LogP contribution in [-0.4, -0.2) is 30.5 Å². The quantitative estimate of drug-likeness (QED) is 0.432. The van der Waals surface area contributed by atoms with E-state index in [-0.39, 0.29) is 12.5 Å². The fourth-order valence-electron chi connectivity index (χ4n) is 2.65. The molecular formula is C17H13Cl3F4N6O. The highest BCUT2D eigenvalue weighted by Gasteiger charge is 2.32. The molecule has 3 rings (SSSR count). The van der Waals surface area contributed by atoms with E-state index in [4.69, 9.17) is 34.8 Å². The summed E-state index contributed by atoms with van der Waals surface area (Å²) in [5.74, 6) is -0.989. The van der Waals surface area contributed by atoms with Crippen molar-refractivity contribution < 1.29 is 22.4 Å². The molecule has 14 heteroatoms. The zero-order chi connectivity index (χ0) is 22.9. The molecule has 0 spiro atoms. The third-order valence-corrected chi connectivity index (χ3v) is 5.16. The van der Waals surface area contributed by atoms with Crippen LogP contribution >= 0.6 is 34.8 Å². The minimum atomic E-state index is -3.22. The van der Waals surface area contributed by atoms with Gasteiger partial charge in [0.05, 0.1) is 11.6 Å². The Morgan fingerprint density at radius 2 is 1.84 bits per heavy atom. The largest absolute Gasteiger partial charge is 0.291 e. The van der Waals surface area contributed by atoms with Crippen LogP contribution in [0.1, 0.15) is 42.8 Å². The number of carbonyl (C=O) groups is 1. The van der Waals surface area contributed by atoms with Crippen LogP contribution in [-0.2, 0) is 11.3 Å². The monoisotopic (exact) mass is 498 g/mol. The average molecular weight is 500 g/mol. The maximum absolute atomic E-state index is 13.3. The lowest BCUT2D eigenvalue weighted by molar-refractivity contribution is -0.119. The molecule has 1 atom stereocenters. The number of hydrogen-bond acceptors (Lipinski definition) is 4. The first kappa shape index (κ1) is 23.3. The van der Waals surface area contributed by atoms with Crippen molar-refractivity contribution in [3.8, 4) is 0 Å². The van der Waals surface area contributed by atoms with Gasteiger partial charge in [0, 0.05) is 10.0 Å². The first-order valence-corrected chi connectivity index (χ1v) is 9.70. The summed E-state index contributed by atoms with van der Waals surface area (Å²) in [4.78, 5) is 16.4. The fraction of sp³-hybridized carbons (Fsp3) is 0.294. The molecule has 0 aliphatic carbocycles. The summed E-state index contributed by atoms with van der Waals surface area (Å²) in [5.41, 5.74) is -1.32. The number of aromatic nitrogens is 5. The van der Waals surface area contributed by atoms with E-state index in [0.29, 0.717) is 20.3 Å². The summed E-state index contributed by atoms with van der Waals surface area (Å²) in [6, 6.07) is 3.50. The molecule has 2 heterocycles. The first-order valence-electron chi connectivity index (χ1n) is 8.56. The van der Waals surface area contributed by atoms with Crippen LogP contribution < -0.4 is 5.32 Å². The van der Waals surface area contributed by atoms with E-state index in [2.05, 4.69) is 20.5 Å². The summed E-state index contributed by atoms with van der Waals surface area (Å²) in [6.07, 6.45) is -5.09. The number of nitrogens with one attached hydrogen (secondary N) is 1. The van der Waals surface area contributed by atoms with E-state index in [1.807, 2.05) is 0 Å². The third kappa shape index (κ3) is 5.10. The lowest BCUT2D eigenvalue weighted by Crippen LogP contribution is -2.26. The summed E-state index contributed by atoms with van der Waals surface area (Å²) >= 11 is 17.6. The Bertz CT molecular complexity index is 1100. The van der Waals surface area contributed by atoms with E-state index in [9.17, 15) is 22.4 Å². The number of carbonyl (C=O) groups excluding carboxylic acids is 1. The summed E-state index contributed by atoms with van der Waals surface area (Å²) in [6.45, 7) is 1.42. The molecule has 1 aromatic carbocycles. The molecule has 31 heavy (non-hydrogen) atoms. The summed E-state index contributed by atoms with van der Waals surface area (Å²) < 4.78 is 54.4. The molecule has 0 bridgehead atoms. The number of amides is 1. The summed E-state index contributed by atoms with van der Waals surface area (Å²) in [7, 11) is 0. The standard InChI is InChI=1S/C17H13Cl3F4N6O/c1-7(30-13(15(23)24)11(20)12(27-30)14(21)22)16(31)26-17-25-6-29(28-17)5-8-2-3-9(18)4-10(8)19/h2-4,6-7,14-15H,5H2,1H3,(H,26,28,31). The second-order valence-corrected chi connectivity index (χ2v) is 7.52. The van der Waals surface area contributed by atoms with Gasteiger partial charge in [0.25, 0.3) is 18.8 Å². The van der Waals surface area contributed by atoms with Crippen molar-refractivity contribution in [2.45, 2.75) is 32.4 Å². The minimum absolute atomic E-state index is 0.132. The molecule has 0 aliphatic heterocycles. The van der Waals surface area contributed by atoms with Crippen molar-refractivity contribution >= 4 is 46.7 Å². The average Bonchev–Trinajstić information content (AvgIpc) is 3.27. The maximum Gasteiger partial charge on any atom is 0.283 e. The lowest BCUT2D eigenvalue weighted by atomic mass is 10.2. The van der Waals surface area contributed by atoms with Gasteiger partial charge in [-0.3, -0.25) is 10.1 Å². The Balaban J connectivity index is 1.76. The van der Waals surface area contributed by atoms with Gasteiger partial charge in [-0.1, -0.05) is 40.9 Å². The number of anilines is 1. The molecular weight excluding hydrogens is 487 g/mol. The van der Waals surface area contributed by atoms with Crippen LogP contribution in [0.5, 0.6) is 0 Å². The molecule has 0 radical (unpaired) electrons. The molecule has 0 saturated carbocycles. The Kier molecular flexibility index (Phi) is 7.07. The smallest absolute Gasteiger partial charge is 0.283 e. The molecule has 3 aromatic rings. The van der Waals surface area contributed by atoms with E-state index in [1.54, 1.807) is 18.2 Å². The number of benzene rings is 1. The number of halogens is 7. The first-order chi connectivity index (χ1) is 14.6. The SMILES string of the molecule is CC(C(=O)Nc1ncn(Cc2ccc(Cl)cc2Cl)n1)n1nc(C(F)F)c(Cl)c1C(F)F. The van der Waals surface area contributed by atoms with E-state index in [1.165, 1.54) is 17.9 Å². The van der Waals surface area contributed by atoms with Gasteiger partial charge in [0.2, 0.25) is 5.95 Å². The molecule has 0 fully saturated rings. The highest BCUT2D eigenvalue weighted by atomic mass is 35.5. The van der Waals surface area contributed by atoms with Crippen LogP contribution in [0, 0.1) is 0 Å². The second kappa shape index (κ2) is 9.41. The van der Waals surface area contributed by atoms with Crippen LogP contribution in [0.15, 0.2) is 24.5 Å². The van der Waals surface area contributed by atoms with E-state index < -0.39 is 41.2 Å². The lowest BCUT2D eigenvalue weighted by Gasteiger charge is -2.14. The number of hydrogen-bond donors (Lipinski definition) is 1. The molecule has 1 N–H and O–H groups in total. The second-order valence-electron chi connectivity index (χ2n) is 6.30. The Morgan fingerprint density at radius 1 is 1.13 bits per heavy atom. The number of alkyl halides is 4. The van der Waals surface area contributed by atoms with Crippen LogP contribution in [0.25, 0.3) is 0 Å². The molecule has 7 nitrogen and oxygen atoms in total. The zero-order valence-electron chi connectivity index (χ0n) is 15.5. The highest BCUT2D eigenvalue weighted by Crippen LogP contribution is 2.36. The van der Waals surface area contributed by atoms with E-state index in [0.717, 1.165) is 0 Å². The van der Waals surface area contributed by atoms with Gasteiger partial charge in [-0.25, -0.2) is 31.9 Å². The normalized spacial score (nSPS) is 12.6. The van der Waals surface area contributed by atoms with E-state index >= 15 is 0 Å². The van der Waals surface area contributed by atoms with Gasteiger partial charge in [0.15, 0.2) is 0 Å². The van der Waals surface area contributed by atoms with Gasteiger partial charge in [0.1, 0.15) is 23.8 Å². The third-order valence-electron chi connectivity index (χ3n) is 4.19. The number of rotatable bonds is 7. The van der Waals surface area contributed by atoms with Crippen molar-refractivity contribution in [3.63, 3.8) is 0 Å². The Hall–Kier alpha value is -2.37. The van der Waals surface area contributed by atoms with Crippen LogP contribution in [0.4, 0.5) is 23.5 Å². The van der Waals surface area contributed by atoms with Crippen molar-refractivity contribution in [1.29, 1.82) is 0 Å². The van der Waals surface area contributed by atoms with Crippen molar-refractivity contribution in [1.82, 2.24) is 24.5 Å². The van der Waals surface area contributed by atoms with Gasteiger partial charge in [-0.15, -0.1) is 5.10 Å². The highest BCUT2D eigenvalue weighted by molar-refractivity contribution is 6.35. The van der Waals surface area contributed by atoms with Crippen molar-refractivity contribution in [2.24, 2.45) is 0 Å². The molecule has 0 saturated heterocycles. The predicted molar refractivity (Wildman–Crippen MR) is 106 cm³/mol. The fourth-order valence-corrected chi connectivity index (χ4v) is 3.41. The van der Waals surface area contributed by atoms with Crippen molar-refractivity contribution in [2.75, 3.05) is 5.32 Å². The maximum atomic E-state index is 13.3. The molecule has 2 aromatic heterocycles. The molecule has 1 amide bonds. The van der Waals surface area contributed by atoms with Crippen LogP contribution in [0.2, 0.25) is 15.1 Å². The van der Waals surface area contributed by atoms with Gasteiger partial charge >= 0.3 is 0 Å². The summed E-state index contributed by atoms with van der Waals surface area (Å²) in [5, 5.41) is 9.76.